The fourth-order valence-corrected chi connectivity index (χ4v) is 3.58. The Labute approximate surface area is 161 Å². The number of fused-ring (bicyclic) bond motifs is 1. The lowest BCUT2D eigenvalue weighted by molar-refractivity contribution is -0.0298. The van der Waals surface area contributed by atoms with Crippen molar-refractivity contribution in [1.82, 2.24) is 24.1 Å². The predicted molar refractivity (Wildman–Crippen MR) is 103 cm³/mol. The second-order valence-corrected chi connectivity index (χ2v) is 7.10. The molecular formula is C18H21ClN6O2. The van der Waals surface area contributed by atoms with Crippen LogP contribution >= 0.6 is 11.6 Å². The van der Waals surface area contributed by atoms with Gasteiger partial charge < -0.3 is 10.1 Å². The maximum absolute atomic E-state index is 12.3. The second kappa shape index (κ2) is 7.28. The Hall–Kier alpha value is -2.45. The Morgan fingerprint density at radius 2 is 2.15 bits per heavy atom. The van der Waals surface area contributed by atoms with Crippen LogP contribution in [0.3, 0.4) is 0 Å². The molecule has 3 aromatic heterocycles. The highest BCUT2D eigenvalue weighted by Gasteiger charge is 2.21. The maximum Gasteiger partial charge on any atom is 0.252 e. The van der Waals surface area contributed by atoms with Crippen molar-refractivity contribution in [2.45, 2.75) is 46.0 Å². The van der Waals surface area contributed by atoms with Crippen molar-refractivity contribution >= 4 is 28.6 Å². The van der Waals surface area contributed by atoms with Crippen molar-refractivity contribution in [3.05, 3.63) is 45.4 Å². The summed E-state index contributed by atoms with van der Waals surface area (Å²) in [4.78, 5) is 25.3. The zero-order valence-electron chi connectivity index (χ0n) is 15.3. The fraction of sp³-hybridized carbons (Fsp3) is 0.444. The normalized spacial score (nSPS) is 17.4. The van der Waals surface area contributed by atoms with Gasteiger partial charge in [-0.05, 0) is 56.3 Å². The van der Waals surface area contributed by atoms with Crippen LogP contribution in [0, 0.1) is 13.8 Å². The number of hydrogen-bond acceptors (Lipinski definition) is 6. The monoisotopic (exact) mass is 388 g/mol. The number of hydrogen-bond donors (Lipinski definition) is 1. The van der Waals surface area contributed by atoms with Crippen LogP contribution in [0.4, 0.5) is 5.82 Å². The summed E-state index contributed by atoms with van der Waals surface area (Å²) in [5.41, 5.74) is 2.96. The third kappa shape index (κ3) is 3.54. The van der Waals surface area contributed by atoms with Crippen molar-refractivity contribution in [2.24, 2.45) is 0 Å². The lowest BCUT2D eigenvalue weighted by Gasteiger charge is -2.23. The number of nitrogens with one attached hydrogen (secondary N) is 1. The van der Waals surface area contributed by atoms with E-state index in [0.29, 0.717) is 17.0 Å². The number of halogens is 1. The molecule has 4 rings (SSSR count). The van der Waals surface area contributed by atoms with Gasteiger partial charge >= 0.3 is 0 Å². The molecule has 0 saturated carbocycles. The van der Waals surface area contributed by atoms with Gasteiger partial charge in [-0.25, -0.2) is 4.98 Å². The summed E-state index contributed by atoms with van der Waals surface area (Å²) in [6.45, 7) is 4.79. The van der Waals surface area contributed by atoms with Crippen molar-refractivity contribution in [3.8, 4) is 0 Å². The van der Waals surface area contributed by atoms with Crippen LogP contribution in [0.5, 0.6) is 0 Å². The highest BCUT2D eigenvalue weighted by Crippen LogP contribution is 2.28. The summed E-state index contributed by atoms with van der Waals surface area (Å²) >= 11 is 6.14. The second-order valence-electron chi connectivity index (χ2n) is 6.76. The number of aryl methyl sites for hydroxylation is 2. The van der Waals surface area contributed by atoms with Crippen LogP contribution in [0.25, 0.3) is 11.2 Å². The third-order valence-corrected chi connectivity index (χ3v) is 4.91. The van der Waals surface area contributed by atoms with Gasteiger partial charge in [0, 0.05) is 18.4 Å². The van der Waals surface area contributed by atoms with E-state index in [-0.39, 0.29) is 23.7 Å². The molecule has 1 fully saturated rings. The van der Waals surface area contributed by atoms with Crippen molar-refractivity contribution in [2.75, 3.05) is 11.9 Å². The first-order chi connectivity index (χ1) is 13.0. The Balaban J connectivity index is 1.66. The Morgan fingerprint density at radius 3 is 2.89 bits per heavy atom. The zero-order valence-corrected chi connectivity index (χ0v) is 16.0. The molecule has 1 aliphatic rings. The van der Waals surface area contributed by atoms with E-state index in [9.17, 15) is 4.79 Å². The average Bonchev–Trinajstić information content (AvgIpc) is 3.05. The number of imidazole rings is 1. The summed E-state index contributed by atoms with van der Waals surface area (Å²) in [6, 6.07) is 3.56. The van der Waals surface area contributed by atoms with Crippen LogP contribution in [0.2, 0.25) is 5.28 Å². The van der Waals surface area contributed by atoms with Gasteiger partial charge in [-0.1, -0.05) is 0 Å². The van der Waals surface area contributed by atoms with E-state index in [1.54, 1.807) is 17.0 Å². The number of anilines is 1. The van der Waals surface area contributed by atoms with E-state index >= 15 is 0 Å². The molecule has 1 unspecified atom stereocenters. The van der Waals surface area contributed by atoms with E-state index in [1.165, 1.54) is 0 Å². The van der Waals surface area contributed by atoms with Gasteiger partial charge in [0.15, 0.2) is 17.0 Å². The molecule has 1 aliphatic heterocycles. The average molecular weight is 389 g/mol. The van der Waals surface area contributed by atoms with Gasteiger partial charge in [0.25, 0.3) is 5.56 Å². The molecule has 3 aromatic rings. The van der Waals surface area contributed by atoms with Crippen LogP contribution in [0.15, 0.2) is 23.3 Å². The molecule has 0 spiro atoms. The highest BCUT2D eigenvalue weighted by atomic mass is 35.5. The molecule has 1 N–H and O–H groups in total. The largest absolute Gasteiger partial charge is 0.358 e. The molecule has 142 valence electrons. The number of ether oxygens (including phenoxy) is 1. The van der Waals surface area contributed by atoms with Crippen molar-refractivity contribution in [1.29, 1.82) is 0 Å². The Kier molecular flexibility index (Phi) is 4.84. The standard InChI is InChI=1S/C18H21ClN6O2/c1-11-7-12(2)24(13(26)8-11)10-21-16-15-17(23-18(19)22-16)25(9-20-15)14-5-3-4-6-27-14/h7-9,14H,3-6,10H2,1-2H3,(H,21,22,23). The smallest absolute Gasteiger partial charge is 0.252 e. The SMILES string of the molecule is Cc1cc(C)n(CNc2nc(Cl)nc3c2ncn3C2CCCCO2)c(=O)c1. The quantitative estimate of drug-likeness (QED) is 0.691. The van der Waals surface area contributed by atoms with Gasteiger partial charge in [-0.3, -0.25) is 13.9 Å². The maximum atomic E-state index is 12.3. The summed E-state index contributed by atoms with van der Waals surface area (Å²) in [6.07, 6.45) is 4.69. The first-order valence-electron chi connectivity index (χ1n) is 8.96. The Morgan fingerprint density at radius 1 is 1.30 bits per heavy atom. The lowest BCUT2D eigenvalue weighted by Crippen LogP contribution is -2.25. The number of aromatic nitrogens is 5. The summed E-state index contributed by atoms with van der Waals surface area (Å²) in [7, 11) is 0. The molecule has 9 heteroatoms. The van der Waals surface area contributed by atoms with Crippen LogP contribution in [-0.4, -0.2) is 30.7 Å². The molecule has 1 atom stereocenters. The molecule has 0 bridgehead atoms. The van der Waals surface area contributed by atoms with Gasteiger partial charge in [-0.15, -0.1) is 0 Å². The third-order valence-electron chi connectivity index (χ3n) is 4.74. The van der Waals surface area contributed by atoms with E-state index in [2.05, 4.69) is 20.3 Å². The molecule has 1 saturated heterocycles. The van der Waals surface area contributed by atoms with Crippen LogP contribution in [-0.2, 0) is 11.4 Å². The molecule has 4 heterocycles. The van der Waals surface area contributed by atoms with Gasteiger partial charge in [0.1, 0.15) is 6.23 Å². The highest BCUT2D eigenvalue weighted by molar-refractivity contribution is 6.28. The van der Waals surface area contributed by atoms with E-state index in [0.717, 1.165) is 37.1 Å². The number of nitrogens with zero attached hydrogens (tertiary/aromatic N) is 5. The molecular weight excluding hydrogens is 368 g/mol. The Bertz CT molecular complexity index is 1040. The minimum atomic E-state index is -0.0930. The molecule has 0 aliphatic carbocycles. The van der Waals surface area contributed by atoms with Gasteiger partial charge in [-0.2, -0.15) is 9.97 Å². The first kappa shape index (κ1) is 17.9. The molecule has 8 nitrogen and oxygen atoms in total. The van der Waals surface area contributed by atoms with Crippen molar-refractivity contribution < 1.29 is 4.74 Å². The zero-order chi connectivity index (χ0) is 19.0. The lowest BCUT2D eigenvalue weighted by atomic mass is 10.2. The summed E-state index contributed by atoms with van der Waals surface area (Å²) in [5.74, 6) is 0.492. The molecule has 0 aromatic carbocycles. The van der Waals surface area contributed by atoms with Crippen LogP contribution in [0.1, 0.15) is 36.7 Å². The molecule has 27 heavy (non-hydrogen) atoms. The minimum absolute atomic E-state index is 0.0717. The molecule has 0 radical (unpaired) electrons. The minimum Gasteiger partial charge on any atom is -0.358 e. The molecule has 0 amide bonds. The first-order valence-corrected chi connectivity index (χ1v) is 9.34. The van der Waals surface area contributed by atoms with Gasteiger partial charge in [0.05, 0.1) is 13.0 Å². The van der Waals surface area contributed by atoms with E-state index in [4.69, 9.17) is 16.3 Å². The summed E-state index contributed by atoms with van der Waals surface area (Å²) in [5, 5.41) is 3.29. The fourth-order valence-electron chi connectivity index (χ4n) is 3.42. The van der Waals surface area contributed by atoms with E-state index in [1.807, 2.05) is 24.5 Å². The number of rotatable bonds is 4. The topological polar surface area (TPSA) is 86.9 Å². The summed E-state index contributed by atoms with van der Waals surface area (Å²) < 4.78 is 9.37. The van der Waals surface area contributed by atoms with Gasteiger partial charge in [0.2, 0.25) is 5.28 Å². The van der Waals surface area contributed by atoms with E-state index < -0.39 is 0 Å². The van der Waals surface area contributed by atoms with Crippen LogP contribution < -0.4 is 10.9 Å². The predicted octanol–water partition coefficient (Wildman–Crippen LogP) is 3.03. The van der Waals surface area contributed by atoms with Crippen molar-refractivity contribution in [3.63, 3.8) is 0 Å². The number of pyridine rings is 1.